The number of fused-ring (bicyclic) bond motifs is 1. The van der Waals surface area contributed by atoms with Gasteiger partial charge in [0.15, 0.2) is 5.82 Å². The van der Waals surface area contributed by atoms with Crippen LogP contribution in [0.2, 0.25) is 0 Å². The van der Waals surface area contributed by atoms with E-state index in [1.807, 2.05) is 49.0 Å². The minimum Gasteiger partial charge on any atom is -0.383 e. The van der Waals surface area contributed by atoms with Crippen molar-refractivity contribution in [2.75, 3.05) is 55.6 Å². The number of amides is 3. The standard InChI is InChI=1S/C28H34N8O4/c1-19(17-39-3)31-28(38)33-22-5-4-6-24(20(22)2)36-16-23(26-29-9-10-35(26)18-36)32-25-8-7-21(15-30-25)27(37)34-11-13-40-14-12-34/h4-10,15-16,19H,11-14,17-18H2,1-3H3,(H,30,32)(H2,31,33,38). The number of anilines is 3. The van der Waals surface area contributed by atoms with Crippen LogP contribution in [0.15, 0.2) is 55.1 Å². The Balaban J connectivity index is 1.33. The van der Waals surface area contributed by atoms with Crippen LogP contribution in [0.25, 0.3) is 5.70 Å². The van der Waals surface area contributed by atoms with Gasteiger partial charge < -0.3 is 39.8 Å². The van der Waals surface area contributed by atoms with E-state index in [9.17, 15) is 9.59 Å². The molecule has 5 rings (SSSR count). The number of ether oxygens (including phenoxy) is 2. The third-order valence-electron chi connectivity index (χ3n) is 6.77. The van der Waals surface area contributed by atoms with Crippen molar-refractivity contribution in [1.29, 1.82) is 0 Å². The van der Waals surface area contributed by atoms with Gasteiger partial charge in [-0.2, -0.15) is 0 Å². The third kappa shape index (κ3) is 6.08. The monoisotopic (exact) mass is 546 g/mol. The summed E-state index contributed by atoms with van der Waals surface area (Å²) < 4.78 is 12.5. The second-order valence-corrected chi connectivity index (χ2v) is 9.74. The van der Waals surface area contributed by atoms with Crippen LogP contribution < -0.4 is 20.9 Å². The highest BCUT2D eigenvalue weighted by molar-refractivity contribution is 5.94. The van der Waals surface area contributed by atoms with Crippen LogP contribution in [0.4, 0.5) is 22.0 Å². The molecule has 12 nitrogen and oxygen atoms in total. The number of rotatable bonds is 8. The van der Waals surface area contributed by atoms with E-state index in [2.05, 4.69) is 30.8 Å². The van der Waals surface area contributed by atoms with Crippen LogP contribution in [-0.4, -0.2) is 77.4 Å². The van der Waals surface area contributed by atoms with E-state index in [-0.39, 0.29) is 18.0 Å². The molecule has 210 valence electrons. The van der Waals surface area contributed by atoms with E-state index < -0.39 is 0 Å². The topological polar surface area (TPSA) is 126 Å². The van der Waals surface area contributed by atoms with Crippen molar-refractivity contribution in [2.24, 2.45) is 0 Å². The Morgan fingerprint density at radius 2 is 1.98 bits per heavy atom. The molecule has 0 saturated carbocycles. The molecule has 0 radical (unpaired) electrons. The number of nitrogens with zero attached hydrogens (tertiary/aromatic N) is 5. The smallest absolute Gasteiger partial charge is 0.319 e. The fraction of sp³-hybridized carbons (Fsp3) is 0.357. The molecular weight excluding hydrogens is 512 g/mol. The summed E-state index contributed by atoms with van der Waals surface area (Å²) in [5.41, 5.74) is 3.84. The Bertz CT molecular complexity index is 1380. The maximum Gasteiger partial charge on any atom is 0.319 e. The van der Waals surface area contributed by atoms with Crippen molar-refractivity contribution in [3.63, 3.8) is 0 Å². The molecule has 0 bridgehead atoms. The van der Waals surface area contributed by atoms with Gasteiger partial charge in [0.25, 0.3) is 5.91 Å². The zero-order chi connectivity index (χ0) is 28.1. The Morgan fingerprint density at radius 3 is 2.73 bits per heavy atom. The Kier molecular flexibility index (Phi) is 8.27. The molecule has 3 N–H and O–H groups in total. The maximum atomic E-state index is 12.8. The van der Waals surface area contributed by atoms with Gasteiger partial charge >= 0.3 is 6.03 Å². The number of hydrogen-bond donors (Lipinski definition) is 3. The van der Waals surface area contributed by atoms with E-state index in [0.717, 1.165) is 22.8 Å². The summed E-state index contributed by atoms with van der Waals surface area (Å²) in [6.45, 7) is 7.09. The lowest BCUT2D eigenvalue weighted by molar-refractivity contribution is 0.0302. The third-order valence-corrected chi connectivity index (χ3v) is 6.77. The highest BCUT2D eigenvalue weighted by Crippen LogP contribution is 2.31. The largest absolute Gasteiger partial charge is 0.383 e. The Labute approximate surface area is 233 Å². The number of benzene rings is 1. The average Bonchev–Trinajstić information content (AvgIpc) is 3.44. The van der Waals surface area contributed by atoms with E-state index in [4.69, 9.17) is 9.47 Å². The van der Waals surface area contributed by atoms with Crippen LogP contribution in [-0.2, 0) is 16.1 Å². The molecule has 1 fully saturated rings. The quantitative estimate of drug-likeness (QED) is 0.394. The molecule has 4 heterocycles. The zero-order valence-electron chi connectivity index (χ0n) is 22.9. The minimum absolute atomic E-state index is 0.0493. The molecule has 1 atom stereocenters. The summed E-state index contributed by atoms with van der Waals surface area (Å²) in [5.74, 6) is 1.31. The molecule has 1 saturated heterocycles. The van der Waals surface area contributed by atoms with Gasteiger partial charge in [0, 0.05) is 56.4 Å². The maximum absolute atomic E-state index is 12.8. The van der Waals surface area contributed by atoms with Gasteiger partial charge in [0.2, 0.25) is 0 Å². The molecule has 2 aromatic heterocycles. The Hall–Kier alpha value is -4.42. The molecular formula is C28H34N8O4. The number of pyridine rings is 1. The summed E-state index contributed by atoms with van der Waals surface area (Å²) in [6.07, 6.45) is 7.23. The molecule has 40 heavy (non-hydrogen) atoms. The van der Waals surface area contributed by atoms with Gasteiger partial charge in [0.1, 0.15) is 12.5 Å². The molecule has 1 aromatic carbocycles. The summed E-state index contributed by atoms with van der Waals surface area (Å²) in [5, 5.41) is 9.17. The fourth-order valence-corrected chi connectivity index (χ4v) is 4.75. The zero-order valence-corrected chi connectivity index (χ0v) is 22.9. The van der Waals surface area contributed by atoms with E-state index in [1.54, 1.807) is 36.5 Å². The van der Waals surface area contributed by atoms with Crippen molar-refractivity contribution in [2.45, 2.75) is 26.6 Å². The highest BCUT2D eigenvalue weighted by Gasteiger charge is 2.23. The molecule has 3 aromatic rings. The van der Waals surface area contributed by atoms with Crippen molar-refractivity contribution in [3.8, 4) is 0 Å². The SMILES string of the molecule is COCC(C)NC(=O)Nc1cccc(N2C=C(Nc3ccc(C(=O)N4CCOCC4)cn3)c3nccn3C2)c1C. The predicted octanol–water partition coefficient (Wildman–Crippen LogP) is 3.10. The number of carbonyl (C=O) groups excluding carboxylic acids is 2. The van der Waals surface area contributed by atoms with Gasteiger partial charge in [-0.15, -0.1) is 0 Å². The molecule has 0 aliphatic carbocycles. The van der Waals surface area contributed by atoms with Crippen LogP contribution in [0.1, 0.15) is 28.7 Å². The molecule has 12 heteroatoms. The second kappa shape index (κ2) is 12.2. The van der Waals surface area contributed by atoms with E-state index in [0.29, 0.717) is 56.6 Å². The fourth-order valence-electron chi connectivity index (χ4n) is 4.75. The molecule has 1 unspecified atom stereocenters. The molecule has 3 amide bonds. The normalized spacial score (nSPS) is 15.6. The number of nitrogens with one attached hydrogen (secondary N) is 3. The number of carbonyl (C=O) groups is 2. The van der Waals surface area contributed by atoms with Crippen LogP contribution in [0.5, 0.6) is 0 Å². The molecule has 2 aliphatic heterocycles. The van der Waals surface area contributed by atoms with Crippen molar-refractivity contribution in [3.05, 3.63) is 72.1 Å². The van der Waals surface area contributed by atoms with Crippen LogP contribution in [0, 0.1) is 6.92 Å². The lowest BCUT2D eigenvalue weighted by Crippen LogP contribution is -2.40. The predicted molar refractivity (Wildman–Crippen MR) is 152 cm³/mol. The minimum atomic E-state index is -0.292. The van der Waals surface area contributed by atoms with Gasteiger partial charge in [-0.05, 0) is 43.7 Å². The van der Waals surface area contributed by atoms with E-state index >= 15 is 0 Å². The number of urea groups is 1. The summed E-state index contributed by atoms with van der Waals surface area (Å²) in [7, 11) is 1.60. The van der Waals surface area contributed by atoms with Crippen molar-refractivity contribution >= 4 is 34.8 Å². The molecule has 0 spiro atoms. The first-order valence-corrected chi connectivity index (χ1v) is 13.2. The van der Waals surface area contributed by atoms with Crippen molar-refractivity contribution in [1.82, 2.24) is 24.8 Å². The number of hydrogen-bond acceptors (Lipinski definition) is 8. The average molecular weight is 547 g/mol. The Morgan fingerprint density at radius 1 is 1.15 bits per heavy atom. The number of imidazole rings is 1. The first-order chi connectivity index (χ1) is 19.4. The summed E-state index contributed by atoms with van der Waals surface area (Å²) >= 11 is 0. The van der Waals surface area contributed by atoms with Crippen LogP contribution >= 0.6 is 0 Å². The highest BCUT2D eigenvalue weighted by atomic mass is 16.5. The number of morpholine rings is 1. The summed E-state index contributed by atoms with van der Waals surface area (Å²) in [4.78, 5) is 38.2. The molecule has 2 aliphatic rings. The first-order valence-electron chi connectivity index (χ1n) is 13.2. The van der Waals surface area contributed by atoms with Crippen molar-refractivity contribution < 1.29 is 19.1 Å². The number of aromatic nitrogens is 3. The lowest BCUT2D eigenvalue weighted by Gasteiger charge is -2.30. The van der Waals surface area contributed by atoms with Crippen LogP contribution in [0.3, 0.4) is 0 Å². The van der Waals surface area contributed by atoms with Gasteiger partial charge in [-0.1, -0.05) is 6.07 Å². The first kappa shape index (κ1) is 27.2. The second-order valence-electron chi connectivity index (χ2n) is 9.74. The van der Waals surface area contributed by atoms with Gasteiger partial charge in [-0.25, -0.2) is 14.8 Å². The number of methoxy groups -OCH3 is 1. The van der Waals surface area contributed by atoms with Gasteiger partial charge in [-0.3, -0.25) is 4.79 Å². The summed E-state index contributed by atoms with van der Waals surface area (Å²) in [6, 6.07) is 8.95. The lowest BCUT2D eigenvalue weighted by atomic mass is 10.1. The van der Waals surface area contributed by atoms with E-state index in [1.165, 1.54) is 0 Å². The van der Waals surface area contributed by atoms with Gasteiger partial charge in [0.05, 0.1) is 37.1 Å².